The zero-order valence-corrected chi connectivity index (χ0v) is 11.9. The number of benzene rings is 1. The van der Waals surface area contributed by atoms with E-state index in [1.165, 1.54) is 5.56 Å². The second-order valence-corrected chi connectivity index (χ2v) is 5.08. The van der Waals surface area contributed by atoms with Crippen LogP contribution >= 0.6 is 0 Å². The van der Waals surface area contributed by atoms with Crippen LogP contribution < -0.4 is 5.32 Å². The van der Waals surface area contributed by atoms with E-state index < -0.39 is 0 Å². The van der Waals surface area contributed by atoms with Crippen molar-refractivity contribution in [2.24, 2.45) is 5.92 Å². The maximum Gasteiger partial charge on any atom is 0.251 e. The fourth-order valence-electron chi connectivity index (χ4n) is 1.71. The Kier molecular flexibility index (Phi) is 5.35. The van der Waals surface area contributed by atoms with Crippen LogP contribution in [0.3, 0.4) is 0 Å². The largest absolute Gasteiger partial charge is 0.383 e. The molecule has 0 fully saturated rings. The highest BCUT2D eigenvalue weighted by molar-refractivity contribution is 5.94. The summed E-state index contributed by atoms with van der Waals surface area (Å²) in [5.74, 6) is 0.314. The van der Waals surface area contributed by atoms with E-state index >= 15 is 0 Å². The second-order valence-electron chi connectivity index (χ2n) is 5.08. The Labute approximate surface area is 110 Å². The van der Waals surface area contributed by atoms with E-state index in [9.17, 15) is 4.79 Å². The fourth-order valence-corrected chi connectivity index (χ4v) is 1.71. The molecule has 0 saturated carbocycles. The Morgan fingerprint density at radius 1 is 1.28 bits per heavy atom. The molecule has 0 bridgehead atoms. The van der Waals surface area contributed by atoms with Gasteiger partial charge in [0.1, 0.15) is 0 Å². The summed E-state index contributed by atoms with van der Waals surface area (Å²) in [4.78, 5) is 12.1. The van der Waals surface area contributed by atoms with Gasteiger partial charge in [0.25, 0.3) is 5.91 Å². The van der Waals surface area contributed by atoms with Gasteiger partial charge in [-0.25, -0.2) is 0 Å². The quantitative estimate of drug-likeness (QED) is 0.871. The molecule has 3 nitrogen and oxygen atoms in total. The number of amides is 1. The molecule has 1 atom stereocenters. The van der Waals surface area contributed by atoms with Gasteiger partial charge in [-0.1, -0.05) is 19.9 Å². The first-order valence-corrected chi connectivity index (χ1v) is 6.32. The van der Waals surface area contributed by atoms with Gasteiger partial charge < -0.3 is 10.1 Å². The molecule has 0 aliphatic heterocycles. The zero-order valence-electron chi connectivity index (χ0n) is 11.9. The highest BCUT2D eigenvalue weighted by atomic mass is 16.5. The lowest BCUT2D eigenvalue weighted by Crippen LogP contribution is -2.41. The summed E-state index contributed by atoms with van der Waals surface area (Å²) in [6.45, 7) is 8.74. The van der Waals surface area contributed by atoms with Crippen molar-refractivity contribution in [3.05, 3.63) is 34.9 Å². The van der Waals surface area contributed by atoms with E-state index in [2.05, 4.69) is 19.2 Å². The number of nitrogens with one attached hydrogen (secondary N) is 1. The van der Waals surface area contributed by atoms with Crippen molar-refractivity contribution in [2.45, 2.75) is 33.7 Å². The highest BCUT2D eigenvalue weighted by Crippen LogP contribution is 2.11. The summed E-state index contributed by atoms with van der Waals surface area (Å²) in [5, 5.41) is 3.02. The molecule has 3 heteroatoms. The molecule has 0 aliphatic carbocycles. The van der Waals surface area contributed by atoms with E-state index in [0.29, 0.717) is 18.1 Å². The highest BCUT2D eigenvalue weighted by Gasteiger charge is 2.17. The van der Waals surface area contributed by atoms with Crippen LogP contribution in [0.5, 0.6) is 0 Å². The maximum absolute atomic E-state index is 12.1. The maximum atomic E-state index is 12.1. The normalized spacial score (nSPS) is 12.6. The minimum atomic E-state index is -0.0335. The first-order chi connectivity index (χ1) is 8.45. The lowest BCUT2D eigenvalue weighted by atomic mass is 10.0. The molecular weight excluding hydrogens is 226 g/mol. The molecule has 0 saturated heterocycles. The Morgan fingerprint density at radius 3 is 2.44 bits per heavy atom. The molecule has 1 unspecified atom stereocenters. The SMILES string of the molecule is COCC(NC(=O)c1ccc(C)c(C)c1)C(C)C. The van der Waals surface area contributed by atoms with Gasteiger partial charge in [-0.2, -0.15) is 0 Å². The van der Waals surface area contributed by atoms with Crippen molar-refractivity contribution in [3.8, 4) is 0 Å². The number of carbonyl (C=O) groups excluding carboxylic acids is 1. The number of carbonyl (C=O) groups is 1. The van der Waals surface area contributed by atoms with Crippen molar-refractivity contribution in [3.63, 3.8) is 0 Å². The molecule has 1 rings (SSSR count). The third kappa shape index (κ3) is 3.84. The lowest BCUT2D eigenvalue weighted by Gasteiger charge is -2.21. The van der Waals surface area contributed by atoms with Crippen LogP contribution in [0.25, 0.3) is 0 Å². The Morgan fingerprint density at radius 2 is 1.94 bits per heavy atom. The van der Waals surface area contributed by atoms with E-state index in [-0.39, 0.29) is 11.9 Å². The first kappa shape index (κ1) is 14.7. The predicted octanol–water partition coefficient (Wildman–Crippen LogP) is 2.70. The standard InChI is InChI=1S/C15H23NO2/c1-10(2)14(9-18-5)16-15(17)13-7-6-11(3)12(4)8-13/h6-8,10,14H,9H2,1-5H3,(H,16,17). The molecule has 1 amide bonds. The van der Waals surface area contributed by atoms with E-state index in [0.717, 1.165) is 5.56 Å². The number of methoxy groups -OCH3 is 1. The van der Waals surface area contributed by atoms with Crippen molar-refractivity contribution < 1.29 is 9.53 Å². The number of rotatable bonds is 5. The Hall–Kier alpha value is -1.35. The molecular formula is C15H23NO2. The molecule has 100 valence electrons. The third-order valence-corrected chi connectivity index (χ3v) is 3.24. The molecule has 0 heterocycles. The van der Waals surface area contributed by atoms with Crippen molar-refractivity contribution in [2.75, 3.05) is 13.7 Å². The second kappa shape index (κ2) is 6.55. The molecule has 18 heavy (non-hydrogen) atoms. The van der Waals surface area contributed by atoms with Crippen LogP contribution in [0.1, 0.15) is 35.3 Å². The Bertz CT molecular complexity index is 413. The molecule has 0 aromatic heterocycles. The van der Waals surface area contributed by atoms with Gasteiger partial charge in [0, 0.05) is 12.7 Å². The van der Waals surface area contributed by atoms with E-state index in [4.69, 9.17) is 4.74 Å². The number of hydrogen-bond acceptors (Lipinski definition) is 2. The number of aryl methyl sites for hydroxylation is 2. The summed E-state index contributed by atoms with van der Waals surface area (Å²) < 4.78 is 5.13. The van der Waals surface area contributed by atoms with Crippen LogP contribution in [-0.2, 0) is 4.74 Å². The molecule has 1 aromatic rings. The molecule has 1 N–H and O–H groups in total. The van der Waals surface area contributed by atoms with Gasteiger partial charge in [0.2, 0.25) is 0 Å². The summed E-state index contributed by atoms with van der Waals surface area (Å²) in [6.07, 6.45) is 0. The van der Waals surface area contributed by atoms with Crippen molar-refractivity contribution in [1.29, 1.82) is 0 Å². The van der Waals surface area contributed by atoms with Gasteiger partial charge >= 0.3 is 0 Å². The molecule has 1 aromatic carbocycles. The fraction of sp³-hybridized carbons (Fsp3) is 0.533. The van der Waals surface area contributed by atoms with Gasteiger partial charge in [-0.05, 0) is 43.0 Å². The van der Waals surface area contributed by atoms with Gasteiger partial charge in [-0.3, -0.25) is 4.79 Å². The molecule has 0 spiro atoms. The Balaban J connectivity index is 2.77. The summed E-state index contributed by atoms with van der Waals surface area (Å²) >= 11 is 0. The summed E-state index contributed by atoms with van der Waals surface area (Å²) in [5.41, 5.74) is 3.04. The van der Waals surface area contributed by atoms with E-state index in [1.807, 2.05) is 32.0 Å². The predicted molar refractivity (Wildman–Crippen MR) is 73.9 cm³/mol. The average Bonchev–Trinajstić information content (AvgIpc) is 2.31. The van der Waals surface area contributed by atoms with Gasteiger partial charge in [0.05, 0.1) is 12.6 Å². The zero-order chi connectivity index (χ0) is 13.7. The minimum Gasteiger partial charge on any atom is -0.383 e. The molecule has 0 radical (unpaired) electrons. The van der Waals surface area contributed by atoms with Crippen LogP contribution in [0, 0.1) is 19.8 Å². The lowest BCUT2D eigenvalue weighted by molar-refractivity contribution is 0.0866. The molecule has 0 aliphatic rings. The van der Waals surface area contributed by atoms with Crippen LogP contribution in [0.2, 0.25) is 0 Å². The van der Waals surface area contributed by atoms with Gasteiger partial charge in [-0.15, -0.1) is 0 Å². The van der Waals surface area contributed by atoms with Crippen molar-refractivity contribution in [1.82, 2.24) is 5.32 Å². The van der Waals surface area contributed by atoms with Crippen LogP contribution in [0.4, 0.5) is 0 Å². The van der Waals surface area contributed by atoms with Crippen molar-refractivity contribution >= 4 is 5.91 Å². The van der Waals surface area contributed by atoms with Crippen LogP contribution in [0.15, 0.2) is 18.2 Å². The topological polar surface area (TPSA) is 38.3 Å². The third-order valence-electron chi connectivity index (χ3n) is 3.24. The summed E-state index contributed by atoms with van der Waals surface area (Å²) in [7, 11) is 1.65. The van der Waals surface area contributed by atoms with Crippen LogP contribution in [-0.4, -0.2) is 25.7 Å². The first-order valence-electron chi connectivity index (χ1n) is 6.32. The number of ether oxygens (including phenoxy) is 1. The average molecular weight is 249 g/mol. The monoisotopic (exact) mass is 249 g/mol. The summed E-state index contributed by atoms with van der Waals surface area (Å²) in [6, 6.07) is 5.81. The van der Waals surface area contributed by atoms with Gasteiger partial charge in [0.15, 0.2) is 0 Å². The van der Waals surface area contributed by atoms with E-state index in [1.54, 1.807) is 7.11 Å². The minimum absolute atomic E-state index is 0.0335. The number of hydrogen-bond donors (Lipinski definition) is 1. The smallest absolute Gasteiger partial charge is 0.251 e.